The van der Waals surface area contributed by atoms with Crippen molar-refractivity contribution in [2.45, 2.75) is 0 Å². The van der Waals surface area contributed by atoms with Gasteiger partial charge >= 0.3 is 0 Å². The van der Waals surface area contributed by atoms with E-state index < -0.39 is 0 Å². The zero-order valence-corrected chi connectivity index (χ0v) is 24.5. The second-order valence-corrected chi connectivity index (χ2v) is 13.2. The zero-order chi connectivity index (χ0) is 28.1. The molecule has 10 aromatic rings. The van der Waals surface area contributed by atoms with Crippen molar-refractivity contribution in [2.24, 2.45) is 0 Å². The van der Waals surface area contributed by atoms with E-state index in [1.165, 1.54) is 79.3 Å². The fourth-order valence-corrected chi connectivity index (χ4v) is 9.04. The van der Waals surface area contributed by atoms with Crippen molar-refractivity contribution in [1.29, 1.82) is 0 Å². The van der Waals surface area contributed by atoms with Crippen LogP contribution in [0.2, 0.25) is 0 Å². The van der Waals surface area contributed by atoms with Crippen LogP contribution in [0.15, 0.2) is 133 Å². The maximum Gasteiger partial charge on any atom is 0.195 e. The van der Waals surface area contributed by atoms with Crippen molar-refractivity contribution in [3.8, 4) is 16.3 Å². The molecule has 0 saturated heterocycles. The van der Waals surface area contributed by atoms with Crippen LogP contribution in [0.3, 0.4) is 0 Å². The van der Waals surface area contributed by atoms with E-state index in [4.69, 9.17) is 4.98 Å². The molecule has 0 unspecified atom stereocenters. The first kappa shape index (κ1) is 23.5. The minimum Gasteiger partial charge on any atom is -0.285 e. The summed E-state index contributed by atoms with van der Waals surface area (Å²) in [5.41, 5.74) is 5.96. The third-order valence-electron chi connectivity index (χ3n) is 8.83. The number of nitrogens with zero attached hydrogens (tertiary/aromatic N) is 2. The fraction of sp³-hybridized carbons (Fsp3) is 0. The predicted octanol–water partition coefficient (Wildman–Crippen LogP) is 11.7. The number of para-hydroxylation sites is 1. The van der Waals surface area contributed by atoms with Crippen molar-refractivity contribution >= 4 is 96.4 Å². The summed E-state index contributed by atoms with van der Waals surface area (Å²) in [5.74, 6) is 0. The van der Waals surface area contributed by atoms with Crippen LogP contribution in [-0.2, 0) is 0 Å². The van der Waals surface area contributed by atoms with Crippen molar-refractivity contribution < 1.29 is 0 Å². The summed E-state index contributed by atoms with van der Waals surface area (Å²) in [4.78, 5) is 5.35. The molecule has 3 aromatic heterocycles. The summed E-state index contributed by atoms with van der Waals surface area (Å²) < 4.78 is 6.18. The quantitative estimate of drug-likeness (QED) is 0.185. The molecular weight excluding hydrogens is 561 g/mol. The second-order valence-electron chi connectivity index (χ2n) is 11.2. The molecule has 0 saturated carbocycles. The number of benzene rings is 7. The van der Waals surface area contributed by atoms with Gasteiger partial charge < -0.3 is 0 Å². The topological polar surface area (TPSA) is 17.8 Å². The Balaban J connectivity index is 1.25. The molecule has 0 N–H and O–H groups in total. The van der Waals surface area contributed by atoms with Crippen molar-refractivity contribution in [1.82, 2.24) is 9.55 Å². The summed E-state index contributed by atoms with van der Waals surface area (Å²) in [6, 6.07) is 48.7. The van der Waals surface area contributed by atoms with E-state index in [9.17, 15) is 0 Å². The van der Waals surface area contributed by atoms with E-state index in [2.05, 4.69) is 138 Å². The molecule has 0 aliphatic rings. The van der Waals surface area contributed by atoms with Gasteiger partial charge in [0.1, 0.15) is 0 Å². The summed E-state index contributed by atoms with van der Waals surface area (Å²) in [6.45, 7) is 0. The lowest BCUT2D eigenvalue weighted by Crippen LogP contribution is -1.92. The summed E-state index contributed by atoms with van der Waals surface area (Å²) in [5, 5.41) is 11.2. The van der Waals surface area contributed by atoms with Gasteiger partial charge in [-0.1, -0.05) is 102 Å². The Labute approximate surface area is 254 Å². The molecule has 0 atom stereocenters. The van der Waals surface area contributed by atoms with Gasteiger partial charge in [0, 0.05) is 30.9 Å². The van der Waals surface area contributed by atoms with Crippen LogP contribution in [0, 0.1) is 0 Å². The standard InChI is InChI=1S/C39H22N2S2/c1-2-10-25-23(9-1)21-30(27-12-4-3-11-26(25)27)24-17-18-33-31(22-24)28-13-5-7-15-32(28)41(33)39-40-38-36(43-39)20-19-35-37(38)29-14-6-8-16-34(29)42-35/h1-22H. The van der Waals surface area contributed by atoms with Crippen LogP contribution in [-0.4, -0.2) is 9.55 Å². The molecule has 200 valence electrons. The number of thiazole rings is 1. The Hall–Kier alpha value is -5.03. The highest BCUT2D eigenvalue weighted by Crippen LogP contribution is 2.43. The SMILES string of the molecule is c1ccc2c(c1)cc(-c1ccc3c(c1)c1ccccc1n3-c1nc3c(ccc4sc5ccccc5c43)s1)c1ccccc12. The Morgan fingerprint density at radius 2 is 1.16 bits per heavy atom. The molecule has 7 aromatic carbocycles. The van der Waals surface area contributed by atoms with Crippen molar-refractivity contribution in [3.05, 3.63) is 133 Å². The van der Waals surface area contributed by atoms with Gasteiger partial charge in [-0.25, -0.2) is 4.98 Å². The Morgan fingerprint density at radius 3 is 2.07 bits per heavy atom. The van der Waals surface area contributed by atoms with Gasteiger partial charge in [-0.3, -0.25) is 4.57 Å². The van der Waals surface area contributed by atoms with Gasteiger partial charge in [0.2, 0.25) is 0 Å². The van der Waals surface area contributed by atoms with Gasteiger partial charge in [-0.2, -0.15) is 0 Å². The minimum absolute atomic E-state index is 1.01. The third-order valence-corrected chi connectivity index (χ3v) is 11.0. The Morgan fingerprint density at radius 1 is 0.465 bits per heavy atom. The third kappa shape index (κ3) is 3.30. The largest absolute Gasteiger partial charge is 0.285 e. The molecule has 0 amide bonds. The van der Waals surface area contributed by atoms with Gasteiger partial charge in [0.05, 0.1) is 21.3 Å². The van der Waals surface area contributed by atoms with E-state index >= 15 is 0 Å². The van der Waals surface area contributed by atoms with E-state index in [-0.39, 0.29) is 0 Å². The maximum atomic E-state index is 5.35. The molecule has 2 nitrogen and oxygen atoms in total. The number of thiophene rings is 1. The summed E-state index contributed by atoms with van der Waals surface area (Å²) >= 11 is 3.62. The number of fused-ring (bicyclic) bond motifs is 11. The van der Waals surface area contributed by atoms with E-state index in [0.29, 0.717) is 0 Å². The lowest BCUT2D eigenvalue weighted by molar-refractivity contribution is 1.15. The molecule has 10 rings (SSSR count). The highest BCUT2D eigenvalue weighted by Gasteiger charge is 2.19. The van der Waals surface area contributed by atoms with Crippen LogP contribution in [0.1, 0.15) is 0 Å². The van der Waals surface area contributed by atoms with Crippen molar-refractivity contribution in [3.63, 3.8) is 0 Å². The van der Waals surface area contributed by atoms with Crippen LogP contribution in [0.25, 0.3) is 90.0 Å². The number of hydrogen-bond donors (Lipinski definition) is 0. The average molecular weight is 583 g/mol. The summed E-state index contributed by atoms with van der Waals surface area (Å²) in [6.07, 6.45) is 0. The molecule has 43 heavy (non-hydrogen) atoms. The van der Waals surface area contributed by atoms with Crippen LogP contribution < -0.4 is 0 Å². The van der Waals surface area contributed by atoms with Crippen molar-refractivity contribution in [2.75, 3.05) is 0 Å². The smallest absolute Gasteiger partial charge is 0.195 e. The minimum atomic E-state index is 1.01. The highest BCUT2D eigenvalue weighted by molar-refractivity contribution is 7.26. The van der Waals surface area contributed by atoms with Gasteiger partial charge in [-0.15, -0.1) is 11.3 Å². The summed E-state index contributed by atoms with van der Waals surface area (Å²) in [7, 11) is 0. The lowest BCUT2D eigenvalue weighted by Gasteiger charge is -2.11. The number of rotatable bonds is 2. The molecule has 0 fully saturated rings. The monoisotopic (exact) mass is 582 g/mol. The number of aromatic nitrogens is 2. The first-order chi connectivity index (χ1) is 21.3. The normalized spacial score (nSPS) is 12.2. The molecular formula is C39H22N2S2. The lowest BCUT2D eigenvalue weighted by atomic mass is 9.93. The second kappa shape index (κ2) is 8.74. The first-order valence-electron chi connectivity index (χ1n) is 14.5. The average Bonchev–Trinajstić information content (AvgIpc) is 3.75. The van der Waals surface area contributed by atoms with E-state index in [0.717, 1.165) is 10.6 Å². The van der Waals surface area contributed by atoms with Crippen LogP contribution in [0.5, 0.6) is 0 Å². The molecule has 3 heterocycles. The van der Waals surface area contributed by atoms with E-state index in [1.807, 2.05) is 11.3 Å². The first-order valence-corrected chi connectivity index (χ1v) is 16.1. The van der Waals surface area contributed by atoms with Gasteiger partial charge in [0.15, 0.2) is 5.13 Å². The number of hydrogen-bond acceptors (Lipinski definition) is 3. The molecule has 0 radical (unpaired) electrons. The maximum absolute atomic E-state index is 5.35. The van der Waals surface area contributed by atoms with E-state index in [1.54, 1.807) is 11.3 Å². The molecule has 4 heteroatoms. The molecule has 0 spiro atoms. The molecule has 0 aliphatic heterocycles. The fourth-order valence-electron chi connectivity index (χ4n) is 6.92. The van der Waals surface area contributed by atoms with Gasteiger partial charge in [0.25, 0.3) is 0 Å². The highest BCUT2D eigenvalue weighted by atomic mass is 32.1. The molecule has 0 bridgehead atoms. The predicted molar refractivity (Wildman–Crippen MR) is 187 cm³/mol. The van der Waals surface area contributed by atoms with Crippen LogP contribution in [0.4, 0.5) is 0 Å². The Kier molecular flexibility index (Phi) is 4.78. The van der Waals surface area contributed by atoms with Gasteiger partial charge in [-0.05, 0) is 75.1 Å². The Bertz CT molecular complexity index is 2740. The molecule has 0 aliphatic carbocycles. The van der Waals surface area contributed by atoms with Crippen LogP contribution >= 0.6 is 22.7 Å². The zero-order valence-electron chi connectivity index (χ0n) is 22.9.